The molecule has 162 valence electrons. The van der Waals surface area contributed by atoms with Crippen LogP contribution in [0, 0.1) is 0 Å². The molecule has 2 aliphatic heterocycles. The monoisotopic (exact) mass is 482 g/mol. The minimum Gasteiger partial charge on any atom is -0.375 e. The predicted octanol–water partition coefficient (Wildman–Crippen LogP) is 4.34. The standard InChI is InChI=1S/C24H27BrN4O2/c1-15(31-2)22-20(12-18(13-27-22)28-8-5-26-6-9-28)24-21(14-30)19-11-17(25)10-16-4-3-7-29(24)23(16)19/h10-15,26H,3-9H2,1-2H3. The van der Waals surface area contributed by atoms with Crippen molar-refractivity contribution in [1.29, 1.82) is 0 Å². The SMILES string of the molecule is COC(C)c1ncc(N2CCNCC2)cc1-c1c(C=O)c2cc(Br)cc3c2n1CCC3. The second-order valence-corrected chi connectivity index (χ2v) is 9.25. The van der Waals surface area contributed by atoms with Crippen LogP contribution in [0.1, 0.15) is 41.1 Å². The lowest BCUT2D eigenvalue weighted by Crippen LogP contribution is -2.43. The third-order valence-corrected chi connectivity index (χ3v) is 7.02. The van der Waals surface area contributed by atoms with Gasteiger partial charge in [0.15, 0.2) is 6.29 Å². The molecule has 1 aromatic carbocycles. The maximum Gasteiger partial charge on any atom is 0.152 e. The Kier molecular flexibility index (Phi) is 5.58. The van der Waals surface area contributed by atoms with Crippen LogP contribution in [0.3, 0.4) is 0 Å². The van der Waals surface area contributed by atoms with Crippen LogP contribution in [-0.2, 0) is 17.7 Å². The summed E-state index contributed by atoms with van der Waals surface area (Å²) in [7, 11) is 1.70. The Morgan fingerprint density at radius 2 is 2.03 bits per heavy atom. The van der Waals surface area contributed by atoms with E-state index in [1.807, 2.05) is 13.1 Å². The lowest BCUT2D eigenvalue weighted by molar-refractivity contribution is 0.112. The molecule has 0 amide bonds. The number of hydrogen-bond donors (Lipinski definition) is 1. The number of nitrogens with zero attached hydrogens (tertiary/aromatic N) is 3. The first kappa shape index (κ1) is 20.7. The van der Waals surface area contributed by atoms with Crippen molar-refractivity contribution in [2.45, 2.75) is 32.4 Å². The summed E-state index contributed by atoms with van der Waals surface area (Å²) < 4.78 is 9.01. The molecule has 6 nitrogen and oxygen atoms in total. The fourth-order valence-corrected chi connectivity index (χ4v) is 5.51. The number of ether oxygens (including phenoxy) is 1. The smallest absolute Gasteiger partial charge is 0.152 e. The quantitative estimate of drug-likeness (QED) is 0.548. The van der Waals surface area contributed by atoms with Gasteiger partial charge in [-0.3, -0.25) is 9.78 Å². The Morgan fingerprint density at radius 3 is 2.77 bits per heavy atom. The number of carbonyl (C=O) groups excluding carboxylic acids is 1. The molecule has 0 spiro atoms. The van der Waals surface area contributed by atoms with E-state index in [9.17, 15) is 4.79 Å². The molecule has 0 saturated carbocycles. The topological polar surface area (TPSA) is 59.4 Å². The van der Waals surface area contributed by atoms with Crippen LogP contribution in [0.25, 0.3) is 22.2 Å². The summed E-state index contributed by atoms with van der Waals surface area (Å²) in [5.41, 5.74) is 7.13. The summed E-state index contributed by atoms with van der Waals surface area (Å²) in [6.07, 6.45) is 4.86. The summed E-state index contributed by atoms with van der Waals surface area (Å²) in [6, 6.07) is 6.46. The van der Waals surface area contributed by atoms with Crippen molar-refractivity contribution in [2.75, 3.05) is 38.2 Å². The van der Waals surface area contributed by atoms with Crippen molar-refractivity contribution < 1.29 is 9.53 Å². The summed E-state index contributed by atoms with van der Waals surface area (Å²) in [5.74, 6) is 0. The number of rotatable bonds is 5. The molecule has 0 radical (unpaired) electrons. The van der Waals surface area contributed by atoms with Gasteiger partial charge in [0.25, 0.3) is 0 Å². The molecule has 7 heteroatoms. The van der Waals surface area contributed by atoms with E-state index in [0.717, 1.165) is 89.9 Å². The van der Waals surface area contributed by atoms with E-state index in [2.05, 4.69) is 48.9 Å². The minimum atomic E-state index is -0.174. The zero-order chi connectivity index (χ0) is 21.5. The van der Waals surface area contributed by atoms with Gasteiger partial charge in [0, 0.05) is 60.8 Å². The molecule has 2 aliphatic rings. The van der Waals surface area contributed by atoms with E-state index >= 15 is 0 Å². The molecular weight excluding hydrogens is 456 g/mol. The van der Waals surface area contributed by atoms with Gasteiger partial charge in [0.1, 0.15) is 0 Å². The highest BCUT2D eigenvalue weighted by atomic mass is 79.9. The highest BCUT2D eigenvalue weighted by Crippen LogP contribution is 2.42. The molecule has 1 saturated heterocycles. The maximum absolute atomic E-state index is 12.4. The minimum absolute atomic E-state index is 0.174. The second kappa shape index (κ2) is 8.37. The number of aldehydes is 1. The van der Waals surface area contributed by atoms with E-state index in [1.165, 1.54) is 11.1 Å². The van der Waals surface area contributed by atoms with E-state index < -0.39 is 0 Å². The van der Waals surface area contributed by atoms with Crippen molar-refractivity contribution in [3.63, 3.8) is 0 Å². The molecule has 4 heterocycles. The van der Waals surface area contributed by atoms with Gasteiger partial charge in [0.05, 0.1) is 34.9 Å². The third-order valence-electron chi connectivity index (χ3n) is 6.56. The van der Waals surface area contributed by atoms with E-state index in [-0.39, 0.29) is 6.10 Å². The Balaban J connectivity index is 1.79. The Morgan fingerprint density at radius 1 is 1.23 bits per heavy atom. The number of benzene rings is 1. The fraction of sp³-hybridized carbons (Fsp3) is 0.417. The van der Waals surface area contributed by atoms with Gasteiger partial charge >= 0.3 is 0 Å². The first-order valence-corrected chi connectivity index (χ1v) is 11.7. The molecule has 1 atom stereocenters. The van der Waals surface area contributed by atoms with Crippen LogP contribution in [0.4, 0.5) is 5.69 Å². The van der Waals surface area contributed by atoms with Crippen LogP contribution < -0.4 is 10.2 Å². The number of anilines is 1. The van der Waals surface area contributed by atoms with Gasteiger partial charge in [-0.05, 0) is 43.5 Å². The summed E-state index contributed by atoms with van der Waals surface area (Å²) in [4.78, 5) is 19.6. The van der Waals surface area contributed by atoms with Crippen molar-refractivity contribution in [3.8, 4) is 11.3 Å². The highest BCUT2D eigenvalue weighted by molar-refractivity contribution is 9.10. The van der Waals surface area contributed by atoms with Gasteiger partial charge in [-0.1, -0.05) is 15.9 Å². The van der Waals surface area contributed by atoms with Gasteiger partial charge in [-0.15, -0.1) is 0 Å². The molecule has 5 rings (SSSR count). The summed E-state index contributed by atoms with van der Waals surface area (Å²) >= 11 is 3.64. The van der Waals surface area contributed by atoms with E-state index in [1.54, 1.807) is 7.11 Å². The van der Waals surface area contributed by atoms with Crippen molar-refractivity contribution in [3.05, 3.63) is 45.7 Å². The average Bonchev–Trinajstić information content (AvgIpc) is 3.13. The Hall–Kier alpha value is -2.22. The van der Waals surface area contributed by atoms with Crippen molar-refractivity contribution in [2.24, 2.45) is 0 Å². The Labute approximate surface area is 190 Å². The van der Waals surface area contributed by atoms with E-state index in [0.29, 0.717) is 0 Å². The lowest BCUT2D eigenvalue weighted by Gasteiger charge is -2.30. The number of aryl methyl sites for hydroxylation is 2. The van der Waals surface area contributed by atoms with Gasteiger partial charge < -0.3 is 19.5 Å². The van der Waals surface area contributed by atoms with Crippen LogP contribution in [0.2, 0.25) is 0 Å². The molecule has 2 aromatic heterocycles. The number of piperazine rings is 1. The number of hydrogen-bond acceptors (Lipinski definition) is 5. The number of carbonyl (C=O) groups is 1. The largest absolute Gasteiger partial charge is 0.375 e. The average molecular weight is 483 g/mol. The van der Waals surface area contributed by atoms with Crippen molar-refractivity contribution in [1.82, 2.24) is 14.9 Å². The van der Waals surface area contributed by atoms with Crippen molar-refractivity contribution >= 4 is 38.8 Å². The summed E-state index contributed by atoms with van der Waals surface area (Å²) in [5, 5.41) is 4.42. The zero-order valence-electron chi connectivity index (χ0n) is 17.9. The van der Waals surface area contributed by atoms with Gasteiger partial charge in [0.2, 0.25) is 0 Å². The van der Waals surface area contributed by atoms with Gasteiger partial charge in [-0.2, -0.15) is 0 Å². The van der Waals surface area contributed by atoms with Gasteiger partial charge in [-0.25, -0.2) is 0 Å². The second-order valence-electron chi connectivity index (χ2n) is 8.34. The molecular formula is C24H27BrN4O2. The molecule has 0 bridgehead atoms. The van der Waals surface area contributed by atoms with Crippen LogP contribution in [0.5, 0.6) is 0 Å². The predicted molar refractivity (Wildman–Crippen MR) is 127 cm³/mol. The fourth-order valence-electron chi connectivity index (χ4n) is 5.00. The molecule has 1 fully saturated rings. The molecule has 0 aliphatic carbocycles. The highest BCUT2D eigenvalue weighted by Gasteiger charge is 2.27. The number of pyridine rings is 1. The molecule has 31 heavy (non-hydrogen) atoms. The first-order chi connectivity index (χ1) is 15.1. The number of aromatic nitrogens is 2. The first-order valence-electron chi connectivity index (χ1n) is 10.9. The molecule has 1 unspecified atom stereocenters. The lowest BCUT2D eigenvalue weighted by atomic mass is 10.0. The number of methoxy groups -OCH3 is 1. The third kappa shape index (κ3) is 3.49. The van der Waals surface area contributed by atoms with Crippen LogP contribution >= 0.6 is 15.9 Å². The zero-order valence-corrected chi connectivity index (χ0v) is 19.5. The van der Waals surface area contributed by atoms with Crippen LogP contribution in [-0.4, -0.2) is 49.1 Å². The van der Waals surface area contributed by atoms with Crippen LogP contribution in [0.15, 0.2) is 28.9 Å². The molecule has 1 N–H and O–H groups in total. The summed E-state index contributed by atoms with van der Waals surface area (Å²) in [6.45, 7) is 6.72. The Bertz CT molecular complexity index is 1150. The normalized spacial score (nSPS) is 17.2. The maximum atomic E-state index is 12.4. The van der Waals surface area contributed by atoms with E-state index in [4.69, 9.17) is 9.72 Å². The molecule has 3 aromatic rings. The number of nitrogens with one attached hydrogen (secondary N) is 1. The number of halogens is 1.